The minimum atomic E-state index is -0.0979. The average molecular weight is 446 g/mol. The number of fused-ring (bicyclic) bond motifs is 1. The minimum Gasteiger partial charge on any atom is -0.383 e. The molecule has 1 aliphatic heterocycles. The Kier molecular flexibility index (Phi) is 6.02. The molecule has 2 aliphatic rings. The number of piperazine rings is 1. The van der Waals surface area contributed by atoms with Crippen LogP contribution in [-0.2, 0) is 11.2 Å². The number of benzene rings is 1. The maximum Gasteiger partial charge on any atom is 0.289 e. The van der Waals surface area contributed by atoms with Crippen LogP contribution in [0.4, 0.5) is 0 Å². The monoisotopic (exact) mass is 445 g/mol. The smallest absolute Gasteiger partial charge is 0.289 e. The molecule has 33 heavy (non-hydrogen) atoms. The highest BCUT2D eigenvalue weighted by Gasteiger charge is 2.27. The van der Waals surface area contributed by atoms with E-state index in [0.717, 1.165) is 54.0 Å². The number of aromatic nitrogens is 3. The number of imidazole rings is 1. The van der Waals surface area contributed by atoms with Crippen LogP contribution in [0.2, 0.25) is 0 Å². The summed E-state index contributed by atoms with van der Waals surface area (Å²) in [4.78, 5) is 41.7. The van der Waals surface area contributed by atoms with E-state index in [4.69, 9.17) is 9.72 Å². The molecule has 1 saturated heterocycles. The van der Waals surface area contributed by atoms with Crippen LogP contribution in [0.25, 0.3) is 22.5 Å². The molecule has 0 radical (unpaired) electrons. The highest BCUT2D eigenvalue weighted by atomic mass is 16.5. The highest BCUT2D eigenvalue weighted by molar-refractivity contribution is 6.01. The van der Waals surface area contributed by atoms with Gasteiger partial charge in [0.1, 0.15) is 0 Å². The molecular formula is C25H27N5O3. The summed E-state index contributed by atoms with van der Waals surface area (Å²) in [5.74, 6) is 0.423. The van der Waals surface area contributed by atoms with Crippen LogP contribution in [0, 0.1) is 0 Å². The van der Waals surface area contributed by atoms with Crippen LogP contribution < -0.4 is 0 Å². The summed E-state index contributed by atoms with van der Waals surface area (Å²) in [6.07, 6.45) is 4.75. The zero-order chi connectivity index (χ0) is 22.8. The summed E-state index contributed by atoms with van der Waals surface area (Å²) in [5.41, 5.74) is 5.14. The van der Waals surface area contributed by atoms with E-state index in [9.17, 15) is 9.59 Å². The molecule has 0 bridgehead atoms. The lowest BCUT2D eigenvalue weighted by Gasteiger charge is -2.34. The number of amides is 1. The Balaban J connectivity index is 1.45. The van der Waals surface area contributed by atoms with Crippen molar-refractivity contribution in [3.8, 4) is 22.5 Å². The Labute approximate surface area is 192 Å². The first kappa shape index (κ1) is 21.5. The lowest BCUT2D eigenvalue weighted by Crippen LogP contribution is -2.49. The number of rotatable bonds is 6. The van der Waals surface area contributed by atoms with E-state index in [-0.39, 0.29) is 11.7 Å². The molecule has 1 aromatic carbocycles. The second-order valence-corrected chi connectivity index (χ2v) is 8.47. The molecule has 1 aliphatic carbocycles. The fourth-order valence-electron chi connectivity index (χ4n) is 4.56. The zero-order valence-electron chi connectivity index (χ0n) is 18.7. The van der Waals surface area contributed by atoms with Gasteiger partial charge < -0.3 is 14.6 Å². The van der Waals surface area contributed by atoms with Crippen molar-refractivity contribution < 1.29 is 14.3 Å². The number of H-pyrrole nitrogens is 1. The SMILES string of the molecule is COCCN1CCN(C(=O)c2nc(-c3ccc4c(c3)CCC4=O)c(-c3ccncc3)[nH]2)CC1. The molecule has 2 aromatic heterocycles. The third-order valence-corrected chi connectivity index (χ3v) is 6.45. The lowest BCUT2D eigenvalue weighted by atomic mass is 10.0. The zero-order valence-corrected chi connectivity index (χ0v) is 18.7. The summed E-state index contributed by atoms with van der Waals surface area (Å²) >= 11 is 0. The van der Waals surface area contributed by atoms with Crippen LogP contribution in [0.5, 0.6) is 0 Å². The van der Waals surface area contributed by atoms with Crippen molar-refractivity contribution in [3.05, 3.63) is 59.7 Å². The standard InChI is InChI=1S/C25H27N5O3/c1-33-15-14-29-10-12-30(13-11-29)25(32)24-27-22(17-6-8-26-9-7-17)23(28-24)19-2-4-20-18(16-19)3-5-21(20)31/h2,4,6-9,16H,3,5,10-15H2,1H3,(H,27,28). The van der Waals surface area contributed by atoms with Gasteiger partial charge in [-0.2, -0.15) is 0 Å². The molecule has 8 heteroatoms. The molecule has 0 unspecified atom stereocenters. The van der Waals surface area contributed by atoms with Gasteiger partial charge in [-0.15, -0.1) is 0 Å². The molecule has 1 amide bonds. The van der Waals surface area contributed by atoms with E-state index in [1.807, 2.05) is 35.2 Å². The number of carbonyl (C=O) groups is 2. The molecule has 5 rings (SSSR count). The predicted octanol–water partition coefficient (Wildman–Crippen LogP) is 2.67. The van der Waals surface area contributed by atoms with Gasteiger partial charge in [-0.3, -0.25) is 19.5 Å². The van der Waals surface area contributed by atoms with Crippen molar-refractivity contribution in [1.29, 1.82) is 0 Å². The van der Waals surface area contributed by atoms with Gasteiger partial charge in [-0.25, -0.2) is 4.98 Å². The fourth-order valence-corrected chi connectivity index (χ4v) is 4.56. The van der Waals surface area contributed by atoms with Gasteiger partial charge in [0.05, 0.1) is 18.0 Å². The fraction of sp³-hybridized carbons (Fsp3) is 0.360. The molecule has 0 spiro atoms. The van der Waals surface area contributed by atoms with Gasteiger partial charge in [0.15, 0.2) is 11.6 Å². The largest absolute Gasteiger partial charge is 0.383 e. The molecular weight excluding hydrogens is 418 g/mol. The second kappa shape index (κ2) is 9.25. The summed E-state index contributed by atoms with van der Waals surface area (Å²) < 4.78 is 5.16. The highest BCUT2D eigenvalue weighted by Crippen LogP contribution is 2.33. The van der Waals surface area contributed by atoms with Gasteiger partial charge >= 0.3 is 0 Å². The van der Waals surface area contributed by atoms with Crippen LogP contribution in [-0.4, -0.2) is 82.9 Å². The molecule has 3 aromatic rings. The number of pyridine rings is 1. The Bertz CT molecular complexity index is 1170. The Hall–Kier alpha value is -3.36. The maximum absolute atomic E-state index is 13.3. The van der Waals surface area contributed by atoms with Gasteiger partial charge in [-0.1, -0.05) is 12.1 Å². The van der Waals surface area contributed by atoms with Crippen molar-refractivity contribution in [2.45, 2.75) is 12.8 Å². The molecule has 3 heterocycles. The Morgan fingerprint density at radius 2 is 1.85 bits per heavy atom. The summed E-state index contributed by atoms with van der Waals surface area (Å²) in [7, 11) is 1.70. The number of aromatic amines is 1. The quantitative estimate of drug-likeness (QED) is 0.627. The van der Waals surface area contributed by atoms with Crippen molar-refractivity contribution in [1.82, 2.24) is 24.8 Å². The van der Waals surface area contributed by atoms with E-state index < -0.39 is 0 Å². The molecule has 1 fully saturated rings. The summed E-state index contributed by atoms with van der Waals surface area (Å²) in [6, 6.07) is 9.63. The summed E-state index contributed by atoms with van der Waals surface area (Å²) in [6.45, 7) is 4.51. The Morgan fingerprint density at radius 1 is 1.06 bits per heavy atom. The van der Waals surface area contributed by atoms with E-state index in [2.05, 4.69) is 14.9 Å². The van der Waals surface area contributed by atoms with Crippen LogP contribution in [0.3, 0.4) is 0 Å². The Morgan fingerprint density at radius 3 is 2.61 bits per heavy atom. The maximum atomic E-state index is 13.3. The summed E-state index contributed by atoms with van der Waals surface area (Å²) in [5, 5.41) is 0. The van der Waals surface area contributed by atoms with Crippen molar-refractivity contribution in [2.24, 2.45) is 0 Å². The van der Waals surface area contributed by atoms with Crippen molar-refractivity contribution in [2.75, 3.05) is 46.4 Å². The van der Waals surface area contributed by atoms with Gasteiger partial charge in [0.2, 0.25) is 0 Å². The van der Waals surface area contributed by atoms with Crippen LogP contribution in [0.1, 0.15) is 33.0 Å². The topological polar surface area (TPSA) is 91.4 Å². The first-order valence-electron chi connectivity index (χ1n) is 11.3. The number of ether oxygens (including phenoxy) is 1. The van der Waals surface area contributed by atoms with Gasteiger partial charge in [0.25, 0.3) is 5.91 Å². The normalized spacial score (nSPS) is 16.3. The van der Waals surface area contributed by atoms with Gasteiger partial charge in [0, 0.05) is 75.3 Å². The van der Waals surface area contributed by atoms with Gasteiger partial charge in [-0.05, 0) is 30.2 Å². The van der Waals surface area contributed by atoms with Crippen LogP contribution >= 0.6 is 0 Å². The number of aryl methyl sites for hydroxylation is 1. The first-order chi connectivity index (χ1) is 16.1. The number of hydrogen-bond donors (Lipinski definition) is 1. The van der Waals surface area contributed by atoms with E-state index in [0.29, 0.717) is 37.6 Å². The number of hydrogen-bond acceptors (Lipinski definition) is 6. The van der Waals surface area contributed by atoms with Crippen molar-refractivity contribution >= 4 is 11.7 Å². The molecule has 1 N–H and O–H groups in total. The van der Waals surface area contributed by atoms with E-state index in [1.54, 1.807) is 19.5 Å². The molecule has 0 saturated carbocycles. The number of Topliss-reactive ketones (excluding diaryl/α,β-unsaturated/α-hetero) is 1. The third-order valence-electron chi connectivity index (χ3n) is 6.45. The number of ketones is 1. The minimum absolute atomic E-state index is 0.0979. The molecule has 0 atom stereocenters. The van der Waals surface area contributed by atoms with E-state index >= 15 is 0 Å². The average Bonchev–Trinajstić information content (AvgIpc) is 3.47. The number of nitrogens with one attached hydrogen (secondary N) is 1. The molecule has 170 valence electrons. The first-order valence-corrected chi connectivity index (χ1v) is 11.3. The number of carbonyl (C=O) groups excluding carboxylic acids is 2. The third kappa shape index (κ3) is 4.31. The lowest BCUT2D eigenvalue weighted by molar-refractivity contribution is 0.0584. The van der Waals surface area contributed by atoms with E-state index in [1.165, 1.54) is 0 Å². The number of nitrogens with zero attached hydrogens (tertiary/aromatic N) is 4. The molecule has 8 nitrogen and oxygen atoms in total. The predicted molar refractivity (Wildman–Crippen MR) is 124 cm³/mol. The van der Waals surface area contributed by atoms with Crippen molar-refractivity contribution in [3.63, 3.8) is 0 Å². The second-order valence-electron chi connectivity index (χ2n) is 8.47. The number of methoxy groups -OCH3 is 1. The van der Waals surface area contributed by atoms with Crippen LogP contribution in [0.15, 0.2) is 42.7 Å².